The Bertz CT molecular complexity index is 178. The predicted octanol–water partition coefficient (Wildman–Crippen LogP) is 1.40. The van der Waals surface area contributed by atoms with Crippen LogP contribution in [0, 0.1) is 0 Å². The van der Waals surface area contributed by atoms with Gasteiger partial charge in [0.05, 0.1) is 25.8 Å². The first-order chi connectivity index (χ1) is 5.85. The van der Waals surface area contributed by atoms with Crippen LogP contribution in [0.1, 0.15) is 19.8 Å². The standard InChI is InChI=1S/C10H19N2/c1-2-3-7-12-8-4-11(5-9-12)6-10-12/h4,8H,2-3,5-7,9-10H2,1H3/q+1. The summed E-state index contributed by atoms with van der Waals surface area (Å²) in [6.07, 6.45) is 7.41. The molecule has 0 amide bonds. The van der Waals surface area contributed by atoms with Crippen LogP contribution in [0.5, 0.6) is 0 Å². The lowest BCUT2D eigenvalue weighted by Crippen LogP contribution is -2.59. The molecule has 0 aliphatic carbocycles. The van der Waals surface area contributed by atoms with E-state index < -0.39 is 0 Å². The van der Waals surface area contributed by atoms with Crippen LogP contribution in [0.25, 0.3) is 0 Å². The first-order valence-electron chi connectivity index (χ1n) is 5.14. The highest BCUT2D eigenvalue weighted by Gasteiger charge is 2.33. The summed E-state index contributed by atoms with van der Waals surface area (Å²) >= 11 is 0. The average Bonchev–Trinajstić information content (AvgIpc) is 2.18. The summed E-state index contributed by atoms with van der Waals surface area (Å²) in [6.45, 7) is 8.89. The number of rotatable bonds is 3. The minimum atomic E-state index is 1.27. The molecule has 0 spiro atoms. The molecule has 0 radical (unpaired) electrons. The van der Waals surface area contributed by atoms with Crippen molar-refractivity contribution in [2.24, 2.45) is 0 Å². The van der Waals surface area contributed by atoms with Crippen molar-refractivity contribution < 1.29 is 4.48 Å². The second-order valence-corrected chi connectivity index (χ2v) is 4.08. The molecule has 0 aromatic carbocycles. The number of hydrogen-bond acceptors (Lipinski definition) is 1. The quantitative estimate of drug-likeness (QED) is 0.574. The van der Waals surface area contributed by atoms with Gasteiger partial charge in [0.1, 0.15) is 19.3 Å². The topological polar surface area (TPSA) is 3.24 Å². The maximum Gasteiger partial charge on any atom is 0.112 e. The summed E-state index contributed by atoms with van der Waals surface area (Å²) in [5.74, 6) is 0. The zero-order chi connectivity index (χ0) is 8.44. The molecule has 3 rings (SSSR count). The van der Waals surface area contributed by atoms with Gasteiger partial charge < -0.3 is 4.90 Å². The second kappa shape index (κ2) is 3.09. The molecule has 0 aromatic rings. The molecule has 2 bridgehead atoms. The smallest absolute Gasteiger partial charge is 0.112 e. The number of quaternary nitrogens is 1. The molecule has 0 unspecified atom stereocenters. The molecule has 2 nitrogen and oxygen atoms in total. The molecule has 0 N–H and O–H groups in total. The highest BCUT2D eigenvalue weighted by atomic mass is 15.4. The molecule has 1 fully saturated rings. The van der Waals surface area contributed by atoms with E-state index in [1.165, 1.54) is 50.0 Å². The Morgan fingerprint density at radius 1 is 1.33 bits per heavy atom. The Morgan fingerprint density at radius 3 is 2.58 bits per heavy atom. The van der Waals surface area contributed by atoms with Crippen molar-refractivity contribution in [2.75, 3.05) is 32.7 Å². The first-order valence-corrected chi connectivity index (χ1v) is 5.14. The van der Waals surface area contributed by atoms with E-state index in [1.54, 1.807) is 0 Å². The number of fused-ring (bicyclic) bond motifs is 2. The van der Waals surface area contributed by atoms with E-state index in [1.807, 2.05) is 0 Å². The average molecular weight is 167 g/mol. The highest BCUT2D eigenvalue weighted by Crippen LogP contribution is 2.21. The maximum atomic E-state index is 2.44. The monoisotopic (exact) mass is 167 g/mol. The summed E-state index contributed by atoms with van der Waals surface area (Å²) in [5.41, 5.74) is 0. The van der Waals surface area contributed by atoms with E-state index in [-0.39, 0.29) is 0 Å². The van der Waals surface area contributed by atoms with Gasteiger partial charge in [-0.2, -0.15) is 0 Å². The number of piperazine rings is 1. The Hall–Kier alpha value is -0.500. The molecule has 3 aliphatic heterocycles. The molecule has 2 heteroatoms. The Labute approximate surface area is 75.1 Å². The highest BCUT2D eigenvalue weighted by molar-refractivity contribution is 4.86. The largest absolute Gasteiger partial charge is 0.362 e. The molecule has 0 aromatic heterocycles. The van der Waals surface area contributed by atoms with Crippen molar-refractivity contribution in [3.63, 3.8) is 0 Å². The number of nitrogens with zero attached hydrogens (tertiary/aromatic N) is 2. The van der Waals surface area contributed by atoms with Crippen LogP contribution in [0.15, 0.2) is 12.4 Å². The fourth-order valence-corrected chi connectivity index (χ4v) is 2.18. The van der Waals surface area contributed by atoms with Gasteiger partial charge in [-0.1, -0.05) is 13.3 Å². The minimum Gasteiger partial charge on any atom is -0.362 e. The van der Waals surface area contributed by atoms with Crippen molar-refractivity contribution in [3.8, 4) is 0 Å². The predicted molar refractivity (Wildman–Crippen MR) is 50.5 cm³/mol. The molecular formula is C10H19N2+. The van der Waals surface area contributed by atoms with Gasteiger partial charge >= 0.3 is 0 Å². The number of unbranched alkanes of at least 4 members (excludes halogenated alkanes) is 1. The van der Waals surface area contributed by atoms with Crippen LogP contribution in [0.3, 0.4) is 0 Å². The molecular weight excluding hydrogens is 148 g/mol. The van der Waals surface area contributed by atoms with E-state index >= 15 is 0 Å². The third-order valence-electron chi connectivity index (χ3n) is 3.22. The Kier molecular flexibility index (Phi) is 2.09. The fourth-order valence-electron chi connectivity index (χ4n) is 2.18. The van der Waals surface area contributed by atoms with Gasteiger partial charge in [0, 0.05) is 0 Å². The molecule has 1 saturated heterocycles. The van der Waals surface area contributed by atoms with Gasteiger partial charge in [-0.05, 0) is 6.42 Å². The molecule has 3 heterocycles. The second-order valence-electron chi connectivity index (χ2n) is 4.08. The van der Waals surface area contributed by atoms with Gasteiger partial charge in [0.15, 0.2) is 0 Å². The van der Waals surface area contributed by atoms with Crippen molar-refractivity contribution >= 4 is 0 Å². The molecule has 68 valence electrons. The van der Waals surface area contributed by atoms with Gasteiger partial charge in [-0.15, -0.1) is 0 Å². The fraction of sp³-hybridized carbons (Fsp3) is 0.800. The van der Waals surface area contributed by atoms with Crippen LogP contribution < -0.4 is 0 Å². The lowest BCUT2D eigenvalue weighted by atomic mass is 10.2. The molecule has 12 heavy (non-hydrogen) atoms. The van der Waals surface area contributed by atoms with Gasteiger partial charge in [-0.25, -0.2) is 0 Å². The lowest BCUT2D eigenvalue weighted by molar-refractivity contribution is -0.888. The Morgan fingerprint density at radius 2 is 2.08 bits per heavy atom. The van der Waals surface area contributed by atoms with Crippen molar-refractivity contribution in [3.05, 3.63) is 12.4 Å². The molecule has 3 aliphatic rings. The Balaban J connectivity index is 1.99. The maximum absolute atomic E-state index is 2.44. The van der Waals surface area contributed by atoms with E-state index in [0.717, 1.165) is 0 Å². The zero-order valence-corrected chi connectivity index (χ0v) is 8.00. The zero-order valence-electron chi connectivity index (χ0n) is 8.00. The van der Waals surface area contributed by atoms with Crippen molar-refractivity contribution in [2.45, 2.75) is 19.8 Å². The van der Waals surface area contributed by atoms with E-state index in [0.29, 0.717) is 0 Å². The molecule has 0 atom stereocenters. The van der Waals surface area contributed by atoms with Gasteiger partial charge in [0.2, 0.25) is 0 Å². The lowest BCUT2D eigenvalue weighted by Gasteiger charge is -2.46. The van der Waals surface area contributed by atoms with Gasteiger partial charge in [0.25, 0.3) is 0 Å². The third-order valence-corrected chi connectivity index (χ3v) is 3.22. The summed E-state index contributed by atoms with van der Waals surface area (Å²) < 4.78 is 1.27. The van der Waals surface area contributed by atoms with Crippen LogP contribution in [0.4, 0.5) is 0 Å². The normalized spacial score (nSPS) is 24.9. The van der Waals surface area contributed by atoms with E-state index in [9.17, 15) is 0 Å². The van der Waals surface area contributed by atoms with Crippen LogP contribution in [-0.4, -0.2) is 42.1 Å². The number of hydrogen-bond donors (Lipinski definition) is 0. The van der Waals surface area contributed by atoms with Gasteiger partial charge in [-0.3, -0.25) is 4.48 Å². The van der Waals surface area contributed by atoms with E-state index in [4.69, 9.17) is 0 Å². The van der Waals surface area contributed by atoms with Crippen LogP contribution in [0.2, 0.25) is 0 Å². The minimum absolute atomic E-state index is 1.27. The molecule has 0 saturated carbocycles. The third kappa shape index (κ3) is 1.36. The first kappa shape index (κ1) is 8.11. The van der Waals surface area contributed by atoms with Crippen LogP contribution >= 0.6 is 0 Å². The summed E-state index contributed by atoms with van der Waals surface area (Å²) in [6, 6.07) is 0. The van der Waals surface area contributed by atoms with Crippen molar-refractivity contribution in [1.29, 1.82) is 0 Å². The SMILES string of the molecule is CCCC[N+]12C=CN(CC1)CC2. The van der Waals surface area contributed by atoms with Crippen LogP contribution in [-0.2, 0) is 0 Å². The summed E-state index contributed by atoms with van der Waals surface area (Å²) in [5, 5.41) is 0. The van der Waals surface area contributed by atoms with E-state index in [2.05, 4.69) is 24.2 Å². The summed E-state index contributed by atoms with van der Waals surface area (Å²) in [7, 11) is 0. The van der Waals surface area contributed by atoms with Crippen molar-refractivity contribution in [1.82, 2.24) is 4.90 Å². The summed E-state index contributed by atoms with van der Waals surface area (Å²) in [4.78, 5) is 2.44.